The number of rotatable bonds is 10. The molecule has 0 amide bonds. The third-order valence-corrected chi connectivity index (χ3v) is 13.0. The zero-order valence-corrected chi connectivity index (χ0v) is 25.5. The zero-order chi connectivity index (χ0) is 28.9. The molecule has 0 aliphatic heterocycles. The Hall–Kier alpha value is -4.41. The van der Waals surface area contributed by atoms with E-state index in [2.05, 4.69) is 174 Å². The van der Waals surface area contributed by atoms with Crippen molar-refractivity contribution in [1.29, 1.82) is 0 Å². The molecule has 0 bridgehead atoms. The van der Waals surface area contributed by atoms with Crippen LogP contribution < -0.4 is 26.8 Å². The molecule has 0 fully saturated rings. The summed E-state index contributed by atoms with van der Waals surface area (Å²) in [7, 11) is -1.85. The standard InChI is InChI=1S/C20H24N2Si.C18H15B/c1-2-3-16-23(18-22-15-14-21-17-22,19-10-6-4-7-11-19)20-12-8-5-9-13-20;1-4-10-16(11-5-1)19(17-12-6-2-7-13-17)18-14-8-3-9-15-18/h4-15,17H,2-3,16,18H2,1H3;1-15H. The van der Waals surface area contributed by atoms with E-state index in [1.165, 1.54) is 45.6 Å². The molecular formula is C38H39BN2Si. The van der Waals surface area contributed by atoms with Gasteiger partial charge in [0.25, 0.3) is 0 Å². The lowest BCUT2D eigenvalue weighted by Gasteiger charge is -2.33. The number of unbranched alkanes of at least 4 members (excludes halogenated alkanes) is 1. The third kappa shape index (κ3) is 7.26. The van der Waals surface area contributed by atoms with Crippen LogP contribution in [0.1, 0.15) is 19.8 Å². The predicted molar refractivity (Wildman–Crippen MR) is 184 cm³/mol. The minimum atomic E-state index is -1.85. The Labute approximate surface area is 252 Å². The monoisotopic (exact) mass is 562 g/mol. The first-order valence-electron chi connectivity index (χ1n) is 15.0. The summed E-state index contributed by atoms with van der Waals surface area (Å²) >= 11 is 0. The third-order valence-electron chi connectivity index (χ3n) is 8.02. The van der Waals surface area contributed by atoms with Crippen LogP contribution in [0, 0.1) is 0 Å². The first kappa shape index (κ1) is 29.1. The van der Waals surface area contributed by atoms with Gasteiger partial charge >= 0.3 is 0 Å². The molecule has 42 heavy (non-hydrogen) atoms. The highest BCUT2D eigenvalue weighted by Crippen LogP contribution is 2.18. The van der Waals surface area contributed by atoms with Crippen LogP contribution in [0.5, 0.6) is 0 Å². The van der Waals surface area contributed by atoms with Crippen molar-refractivity contribution in [3.05, 3.63) is 170 Å². The topological polar surface area (TPSA) is 17.8 Å². The molecular weight excluding hydrogens is 523 g/mol. The predicted octanol–water partition coefficient (Wildman–Crippen LogP) is 5.69. The molecule has 2 nitrogen and oxygen atoms in total. The Morgan fingerprint density at radius 2 is 0.976 bits per heavy atom. The molecule has 0 N–H and O–H groups in total. The summed E-state index contributed by atoms with van der Waals surface area (Å²) < 4.78 is 2.27. The summed E-state index contributed by atoms with van der Waals surface area (Å²) in [5.74, 6) is 0. The largest absolute Gasteiger partial charge is 0.340 e. The molecule has 1 heterocycles. The summed E-state index contributed by atoms with van der Waals surface area (Å²) in [4.78, 5) is 4.26. The smallest absolute Gasteiger partial charge is 0.241 e. The Kier molecular flexibility index (Phi) is 10.4. The van der Waals surface area contributed by atoms with Crippen LogP contribution in [-0.2, 0) is 6.17 Å². The molecule has 4 heteroatoms. The molecule has 6 rings (SSSR count). The van der Waals surface area contributed by atoms with Gasteiger partial charge in [-0.15, -0.1) is 0 Å². The number of imidazole rings is 1. The van der Waals surface area contributed by atoms with Gasteiger partial charge in [-0.3, -0.25) is 0 Å². The van der Waals surface area contributed by atoms with Gasteiger partial charge < -0.3 is 4.57 Å². The molecule has 0 radical (unpaired) electrons. The van der Waals surface area contributed by atoms with Crippen LogP contribution in [0.25, 0.3) is 0 Å². The average molecular weight is 563 g/mol. The summed E-state index contributed by atoms with van der Waals surface area (Å²) in [5.41, 5.74) is 4.00. The molecule has 0 aliphatic carbocycles. The van der Waals surface area contributed by atoms with Crippen molar-refractivity contribution in [3.8, 4) is 0 Å². The van der Waals surface area contributed by atoms with Gasteiger partial charge in [-0.1, -0.05) is 198 Å². The second-order valence-electron chi connectivity index (χ2n) is 10.8. The van der Waals surface area contributed by atoms with E-state index in [4.69, 9.17) is 0 Å². The van der Waals surface area contributed by atoms with Crippen LogP contribution in [0.3, 0.4) is 0 Å². The number of hydrogen-bond acceptors (Lipinski definition) is 1. The molecule has 0 atom stereocenters. The van der Waals surface area contributed by atoms with E-state index >= 15 is 0 Å². The maximum Gasteiger partial charge on any atom is 0.241 e. The fourth-order valence-electron chi connectivity index (χ4n) is 5.92. The second-order valence-corrected chi connectivity index (χ2v) is 15.0. The van der Waals surface area contributed by atoms with Crippen molar-refractivity contribution in [3.63, 3.8) is 0 Å². The summed E-state index contributed by atoms with van der Waals surface area (Å²) in [6.45, 7) is 2.59. The second kappa shape index (κ2) is 15.0. The van der Waals surface area contributed by atoms with E-state index in [-0.39, 0.29) is 0 Å². The average Bonchev–Trinajstić information content (AvgIpc) is 3.59. The van der Waals surface area contributed by atoms with Gasteiger partial charge in [-0.05, 0) is 6.04 Å². The van der Waals surface area contributed by atoms with Crippen molar-refractivity contribution < 1.29 is 0 Å². The van der Waals surface area contributed by atoms with E-state index < -0.39 is 8.07 Å². The lowest BCUT2D eigenvalue weighted by atomic mass is 9.37. The van der Waals surface area contributed by atoms with Crippen molar-refractivity contribution in [2.45, 2.75) is 32.0 Å². The van der Waals surface area contributed by atoms with Gasteiger partial charge in [0.1, 0.15) is 8.07 Å². The number of benzene rings is 5. The number of hydrogen-bond donors (Lipinski definition) is 0. The van der Waals surface area contributed by atoms with Crippen molar-refractivity contribution in [2.75, 3.05) is 0 Å². The summed E-state index contributed by atoms with van der Waals surface area (Å²) in [5, 5.41) is 3.04. The molecule has 6 aromatic rings. The van der Waals surface area contributed by atoms with Crippen LogP contribution in [0.15, 0.2) is 170 Å². The van der Waals surface area contributed by atoms with Gasteiger partial charge in [0.2, 0.25) is 6.71 Å². The first-order chi connectivity index (χ1) is 20.8. The highest BCUT2D eigenvalue weighted by Gasteiger charge is 2.36. The SMILES string of the molecule is CCCC[Si](Cn1ccnc1)(c1ccccc1)c1ccccc1.c1ccc(B(c2ccccc2)c2ccccc2)cc1. The van der Waals surface area contributed by atoms with Crippen LogP contribution in [0.4, 0.5) is 0 Å². The quantitative estimate of drug-likeness (QED) is 0.196. The first-order valence-corrected chi connectivity index (χ1v) is 17.4. The molecule has 0 spiro atoms. The number of nitrogens with zero attached hydrogens (tertiary/aromatic N) is 2. The highest BCUT2D eigenvalue weighted by atomic mass is 28.3. The molecule has 0 unspecified atom stereocenters. The van der Waals surface area contributed by atoms with Crippen molar-refractivity contribution >= 4 is 41.5 Å². The summed E-state index contributed by atoms with van der Waals surface area (Å²) in [6.07, 6.45) is 9.50. The van der Waals surface area contributed by atoms with Crippen LogP contribution >= 0.6 is 0 Å². The van der Waals surface area contributed by atoms with Gasteiger partial charge in [-0.25, -0.2) is 4.98 Å². The Bertz CT molecular complexity index is 1430. The van der Waals surface area contributed by atoms with Gasteiger partial charge in [-0.2, -0.15) is 0 Å². The van der Waals surface area contributed by atoms with Crippen LogP contribution in [0.2, 0.25) is 6.04 Å². The van der Waals surface area contributed by atoms with E-state index in [0.29, 0.717) is 6.71 Å². The van der Waals surface area contributed by atoms with E-state index in [1.807, 2.05) is 12.5 Å². The van der Waals surface area contributed by atoms with E-state index in [1.54, 1.807) is 0 Å². The van der Waals surface area contributed by atoms with E-state index in [0.717, 1.165) is 6.17 Å². The normalized spacial score (nSPS) is 10.9. The van der Waals surface area contributed by atoms with Crippen LogP contribution in [-0.4, -0.2) is 24.3 Å². The lowest BCUT2D eigenvalue weighted by Crippen LogP contribution is -2.61. The Balaban J connectivity index is 0.000000171. The fourth-order valence-corrected chi connectivity index (χ4v) is 10.8. The van der Waals surface area contributed by atoms with E-state index in [9.17, 15) is 0 Å². The molecule has 1 aromatic heterocycles. The van der Waals surface area contributed by atoms with Gasteiger partial charge in [0, 0.05) is 18.6 Å². The Morgan fingerprint density at radius 1 is 0.571 bits per heavy atom. The fraction of sp³-hybridized carbons (Fsp3) is 0.132. The van der Waals surface area contributed by atoms with Crippen molar-refractivity contribution in [1.82, 2.24) is 9.55 Å². The van der Waals surface area contributed by atoms with Crippen molar-refractivity contribution in [2.24, 2.45) is 0 Å². The molecule has 0 saturated carbocycles. The summed E-state index contributed by atoms with van der Waals surface area (Å²) in [6, 6.07) is 55.6. The highest BCUT2D eigenvalue weighted by molar-refractivity contribution is 7.01. The minimum absolute atomic E-state index is 0.309. The van der Waals surface area contributed by atoms with Gasteiger partial charge in [0.15, 0.2) is 0 Å². The lowest BCUT2D eigenvalue weighted by molar-refractivity contribution is 0.818. The maximum atomic E-state index is 4.26. The van der Waals surface area contributed by atoms with Gasteiger partial charge in [0.05, 0.1) is 6.33 Å². The Morgan fingerprint density at radius 3 is 1.33 bits per heavy atom. The zero-order valence-electron chi connectivity index (χ0n) is 24.5. The molecule has 5 aromatic carbocycles. The maximum absolute atomic E-state index is 4.26. The molecule has 0 saturated heterocycles. The molecule has 0 aliphatic rings. The molecule has 208 valence electrons. The number of aromatic nitrogens is 2. The minimum Gasteiger partial charge on any atom is -0.340 e.